The number of methoxy groups -OCH3 is 1. The summed E-state index contributed by atoms with van der Waals surface area (Å²) in [6, 6.07) is 17.4. The average molecular weight is 363 g/mol. The number of ether oxygens (including phenoxy) is 2. The molecule has 27 heavy (non-hydrogen) atoms. The lowest BCUT2D eigenvalue weighted by Crippen LogP contribution is -2.06. The summed E-state index contributed by atoms with van der Waals surface area (Å²) in [5.74, 6) is 0.326. The van der Waals surface area contributed by atoms with Crippen LogP contribution in [-0.4, -0.2) is 28.1 Å². The molecule has 0 bridgehead atoms. The largest absolute Gasteiger partial charge is 0.497 e. The number of hydrogen-bond acceptors (Lipinski definition) is 5. The Labute approximate surface area is 158 Å². The van der Waals surface area contributed by atoms with E-state index in [0.717, 1.165) is 16.9 Å². The Bertz CT molecular complexity index is 902. The van der Waals surface area contributed by atoms with Gasteiger partial charge in [0.1, 0.15) is 17.5 Å². The zero-order chi connectivity index (χ0) is 19.1. The van der Waals surface area contributed by atoms with E-state index in [4.69, 9.17) is 9.47 Å². The van der Waals surface area contributed by atoms with Crippen molar-refractivity contribution in [3.8, 4) is 5.75 Å². The minimum absolute atomic E-state index is 0.359. The summed E-state index contributed by atoms with van der Waals surface area (Å²) in [5.41, 5.74) is 2.62. The molecule has 6 nitrogen and oxygen atoms in total. The average Bonchev–Trinajstić information content (AvgIpc) is 3.14. The highest BCUT2D eigenvalue weighted by molar-refractivity contribution is 5.86. The fraction of sp³-hybridized carbons (Fsp3) is 0.190. The Kier molecular flexibility index (Phi) is 5.99. The number of carbonyl (C=O) groups is 1. The third-order valence-electron chi connectivity index (χ3n) is 4.01. The van der Waals surface area contributed by atoms with Gasteiger partial charge in [-0.15, -0.1) is 5.10 Å². The molecular weight excluding hydrogens is 342 g/mol. The van der Waals surface area contributed by atoms with Crippen LogP contribution in [0.4, 0.5) is 0 Å². The minimum atomic E-state index is -0.434. The molecular formula is C21H21N3O3. The molecule has 1 atom stereocenters. The fourth-order valence-electron chi connectivity index (χ4n) is 2.55. The van der Waals surface area contributed by atoms with Crippen molar-refractivity contribution in [3.63, 3.8) is 0 Å². The van der Waals surface area contributed by atoms with E-state index in [1.54, 1.807) is 24.1 Å². The molecule has 138 valence electrons. The summed E-state index contributed by atoms with van der Waals surface area (Å²) in [5, 5.41) is 8.11. The van der Waals surface area contributed by atoms with Gasteiger partial charge in [-0.3, -0.25) is 0 Å². The maximum Gasteiger partial charge on any atom is 0.331 e. The van der Waals surface area contributed by atoms with Crippen LogP contribution in [0.1, 0.15) is 29.8 Å². The van der Waals surface area contributed by atoms with Gasteiger partial charge in [0, 0.05) is 6.08 Å². The molecule has 0 aliphatic heterocycles. The third-order valence-corrected chi connectivity index (χ3v) is 4.01. The van der Waals surface area contributed by atoms with Gasteiger partial charge >= 0.3 is 5.97 Å². The zero-order valence-corrected chi connectivity index (χ0v) is 15.3. The van der Waals surface area contributed by atoms with Crippen LogP contribution in [0.5, 0.6) is 5.75 Å². The smallest absolute Gasteiger partial charge is 0.331 e. The molecule has 1 aromatic heterocycles. The van der Waals surface area contributed by atoms with Crippen molar-refractivity contribution < 1.29 is 14.3 Å². The zero-order valence-electron chi connectivity index (χ0n) is 15.3. The van der Waals surface area contributed by atoms with Gasteiger partial charge in [-0.1, -0.05) is 47.7 Å². The lowest BCUT2D eigenvalue weighted by atomic mass is 10.1. The van der Waals surface area contributed by atoms with Gasteiger partial charge in [0.15, 0.2) is 0 Å². The minimum Gasteiger partial charge on any atom is -0.497 e. The van der Waals surface area contributed by atoms with Crippen LogP contribution in [0.15, 0.2) is 66.9 Å². The van der Waals surface area contributed by atoms with Gasteiger partial charge in [-0.2, -0.15) is 0 Å². The molecule has 2 aromatic carbocycles. The molecule has 0 amide bonds. The monoisotopic (exact) mass is 363 g/mol. The Hall–Kier alpha value is -3.41. The van der Waals surface area contributed by atoms with Crippen LogP contribution in [0.3, 0.4) is 0 Å². The highest BCUT2D eigenvalue weighted by atomic mass is 16.5. The Balaban J connectivity index is 1.55. The van der Waals surface area contributed by atoms with Crippen LogP contribution >= 0.6 is 0 Å². The molecule has 0 spiro atoms. The molecule has 0 saturated carbocycles. The van der Waals surface area contributed by atoms with Gasteiger partial charge in [0.05, 0.1) is 19.9 Å². The van der Waals surface area contributed by atoms with E-state index in [-0.39, 0.29) is 6.10 Å². The molecule has 3 aromatic rings. The normalized spacial score (nSPS) is 12.1. The first-order chi connectivity index (χ1) is 13.1. The van der Waals surface area contributed by atoms with Crippen LogP contribution < -0.4 is 4.74 Å². The second-order valence-electron chi connectivity index (χ2n) is 6.01. The van der Waals surface area contributed by atoms with E-state index in [0.29, 0.717) is 12.2 Å². The number of hydrogen-bond donors (Lipinski definition) is 0. The number of benzene rings is 2. The quantitative estimate of drug-likeness (QED) is 0.473. The van der Waals surface area contributed by atoms with Crippen LogP contribution in [0.25, 0.3) is 6.08 Å². The Morgan fingerprint density at radius 1 is 1.15 bits per heavy atom. The molecule has 0 radical (unpaired) electrons. The van der Waals surface area contributed by atoms with Crippen LogP contribution in [0, 0.1) is 0 Å². The second kappa shape index (κ2) is 8.80. The molecule has 3 rings (SSSR count). The van der Waals surface area contributed by atoms with E-state index in [2.05, 4.69) is 10.3 Å². The molecule has 0 aliphatic rings. The van der Waals surface area contributed by atoms with Crippen molar-refractivity contribution in [3.05, 3.63) is 83.7 Å². The molecule has 1 heterocycles. The van der Waals surface area contributed by atoms with E-state index in [1.165, 1.54) is 6.08 Å². The van der Waals surface area contributed by atoms with Crippen LogP contribution in [0.2, 0.25) is 0 Å². The standard InChI is InChI=1S/C21H21N3O3/c1-16(18-8-11-20(26-2)12-9-18)27-21(25)13-10-19-15-24(23-22-19)14-17-6-4-3-5-7-17/h3-13,15-16H,14H2,1-2H3. The first kappa shape index (κ1) is 18.4. The molecule has 6 heteroatoms. The Morgan fingerprint density at radius 3 is 2.59 bits per heavy atom. The summed E-state index contributed by atoms with van der Waals surface area (Å²) >= 11 is 0. The van der Waals surface area contributed by atoms with Crippen molar-refractivity contribution in [2.24, 2.45) is 0 Å². The van der Waals surface area contributed by atoms with Gasteiger partial charge in [0.2, 0.25) is 0 Å². The predicted octanol–water partition coefficient (Wildman–Crippen LogP) is 3.65. The van der Waals surface area contributed by atoms with Gasteiger partial charge < -0.3 is 9.47 Å². The van der Waals surface area contributed by atoms with Crippen molar-refractivity contribution in [2.45, 2.75) is 19.6 Å². The number of nitrogens with zero attached hydrogens (tertiary/aromatic N) is 3. The highest BCUT2D eigenvalue weighted by Crippen LogP contribution is 2.20. The second-order valence-corrected chi connectivity index (χ2v) is 6.01. The van der Waals surface area contributed by atoms with E-state index >= 15 is 0 Å². The number of aromatic nitrogens is 3. The van der Waals surface area contributed by atoms with Gasteiger partial charge in [-0.25, -0.2) is 9.48 Å². The van der Waals surface area contributed by atoms with Gasteiger partial charge in [0.25, 0.3) is 0 Å². The van der Waals surface area contributed by atoms with Crippen molar-refractivity contribution >= 4 is 12.0 Å². The van der Waals surface area contributed by atoms with Gasteiger partial charge in [-0.05, 0) is 36.3 Å². The Morgan fingerprint density at radius 2 is 1.89 bits per heavy atom. The van der Waals surface area contributed by atoms with Crippen molar-refractivity contribution in [1.82, 2.24) is 15.0 Å². The number of carbonyl (C=O) groups excluding carboxylic acids is 1. The van der Waals surface area contributed by atoms with E-state index in [9.17, 15) is 4.79 Å². The molecule has 0 N–H and O–H groups in total. The first-order valence-corrected chi connectivity index (χ1v) is 8.61. The number of rotatable bonds is 7. The maximum absolute atomic E-state index is 12.0. The van der Waals surface area contributed by atoms with Crippen molar-refractivity contribution in [1.29, 1.82) is 0 Å². The molecule has 0 aliphatic carbocycles. The SMILES string of the molecule is COc1ccc(C(C)OC(=O)C=Cc2cn(Cc3ccccc3)nn2)cc1. The molecule has 0 saturated heterocycles. The summed E-state index contributed by atoms with van der Waals surface area (Å²) in [6.07, 6.45) is 4.37. The topological polar surface area (TPSA) is 66.2 Å². The lowest BCUT2D eigenvalue weighted by molar-refractivity contribution is -0.142. The summed E-state index contributed by atoms with van der Waals surface area (Å²) in [4.78, 5) is 12.0. The lowest BCUT2D eigenvalue weighted by Gasteiger charge is -2.12. The third kappa shape index (κ3) is 5.28. The summed E-state index contributed by atoms with van der Waals surface area (Å²) < 4.78 is 12.3. The van der Waals surface area contributed by atoms with E-state index < -0.39 is 5.97 Å². The fourth-order valence-corrected chi connectivity index (χ4v) is 2.55. The number of esters is 1. The highest BCUT2D eigenvalue weighted by Gasteiger charge is 2.10. The van der Waals surface area contributed by atoms with Crippen molar-refractivity contribution in [2.75, 3.05) is 7.11 Å². The first-order valence-electron chi connectivity index (χ1n) is 8.61. The van der Waals surface area contributed by atoms with E-state index in [1.807, 2.05) is 61.5 Å². The molecule has 0 fully saturated rings. The summed E-state index contributed by atoms with van der Waals surface area (Å²) in [7, 11) is 1.61. The maximum atomic E-state index is 12.0. The van der Waals surface area contributed by atoms with Crippen LogP contribution in [-0.2, 0) is 16.1 Å². The molecule has 1 unspecified atom stereocenters. The predicted molar refractivity (Wildman–Crippen MR) is 102 cm³/mol. The summed E-state index contributed by atoms with van der Waals surface area (Å²) in [6.45, 7) is 2.45.